The summed E-state index contributed by atoms with van der Waals surface area (Å²) in [7, 11) is 0. The number of hydrogen-bond donors (Lipinski definition) is 1. The van der Waals surface area contributed by atoms with E-state index in [2.05, 4.69) is 0 Å². The van der Waals surface area contributed by atoms with Crippen molar-refractivity contribution in [3.8, 4) is 0 Å². The molecular weight excluding hydrogens is 257 g/mol. The van der Waals surface area contributed by atoms with Crippen molar-refractivity contribution < 1.29 is 4.74 Å². The summed E-state index contributed by atoms with van der Waals surface area (Å²) in [4.78, 5) is 0. The summed E-state index contributed by atoms with van der Waals surface area (Å²) in [6, 6.07) is 5.80. The maximum Gasteiger partial charge on any atom is 0.0595 e. The molecule has 17 heavy (non-hydrogen) atoms. The average molecular weight is 274 g/mol. The van der Waals surface area contributed by atoms with E-state index in [0.717, 1.165) is 37.9 Å². The van der Waals surface area contributed by atoms with Gasteiger partial charge in [0.15, 0.2) is 0 Å². The molecule has 1 aromatic carbocycles. The zero-order valence-corrected chi connectivity index (χ0v) is 11.2. The second kappa shape index (κ2) is 6.05. The van der Waals surface area contributed by atoms with Crippen molar-refractivity contribution in [2.45, 2.75) is 37.8 Å². The molecular formula is C13H17Cl2NO. The third kappa shape index (κ3) is 3.85. The standard InChI is InChI=1S/C13H17Cl2NO/c14-12-4-3-9(7-13(12)15)6-10(16)8-11-2-1-5-17-11/h3-4,7,10-11H,1-2,5-6,8,16H2. The lowest BCUT2D eigenvalue weighted by Gasteiger charge is -2.16. The normalized spacial score (nSPS) is 21.7. The molecule has 1 aliphatic heterocycles. The minimum absolute atomic E-state index is 0.121. The first-order valence-electron chi connectivity index (χ1n) is 5.96. The molecule has 0 radical (unpaired) electrons. The molecule has 2 N–H and O–H groups in total. The fourth-order valence-corrected chi connectivity index (χ4v) is 2.54. The molecule has 2 nitrogen and oxygen atoms in total. The predicted octanol–water partition coefficient (Wildman–Crippen LogP) is 3.43. The molecule has 2 atom stereocenters. The summed E-state index contributed by atoms with van der Waals surface area (Å²) in [5.74, 6) is 0. The molecule has 0 saturated carbocycles. The molecule has 1 aliphatic rings. The van der Waals surface area contributed by atoms with Crippen molar-refractivity contribution in [1.82, 2.24) is 0 Å². The summed E-state index contributed by atoms with van der Waals surface area (Å²) in [6.45, 7) is 0.879. The molecule has 0 aliphatic carbocycles. The molecule has 0 bridgehead atoms. The van der Waals surface area contributed by atoms with Crippen LogP contribution in [0.1, 0.15) is 24.8 Å². The predicted molar refractivity (Wildman–Crippen MR) is 71.7 cm³/mol. The Bertz CT molecular complexity index is 378. The molecule has 1 aromatic rings. The van der Waals surface area contributed by atoms with Gasteiger partial charge >= 0.3 is 0 Å². The van der Waals surface area contributed by atoms with Crippen LogP contribution in [-0.2, 0) is 11.2 Å². The van der Waals surface area contributed by atoms with Gasteiger partial charge in [0.05, 0.1) is 16.1 Å². The minimum Gasteiger partial charge on any atom is -0.378 e. The fourth-order valence-electron chi connectivity index (χ4n) is 2.22. The van der Waals surface area contributed by atoms with E-state index in [9.17, 15) is 0 Å². The molecule has 2 unspecified atom stereocenters. The molecule has 0 spiro atoms. The smallest absolute Gasteiger partial charge is 0.0595 e. The lowest BCUT2D eigenvalue weighted by Crippen LogP contribution is -2.28. The number of hydrogen-bond acceptors (Lipinski definition) is 2. The van der Waals surface area contributed by atoms with Gasteiger partial charge in [-0.15, -0.1) is 0 Å². The Morgan fingerprint density at radius 3 is 2.82 bits per heavy atom. The first-order chi connectivity index (χ1) is 8.15. The molecule has 4 heteroatoms. The van der Waals surface area contributed by atoms with Crippen molar-refractivity contribution in [3.63, 3.8) is 0 Å². The van der Waals surface area contributed by atoms with Gasteiger partial charge in [-0.3, -0.25) is 0 Å². The summed E-state index contributed by atoms with van der Waals surface area (Å²) in [6.07, 6.45) is 4.36. The van der Waals surface area contributed by atoms with Crippen molar-refractivity contribution in [2.75, 3.05) is 6.61 Å². The Morgan fingerprint density at radius 1 is 1.35 bits per heavy atom. The minimum atomic E-state index is 0.121. The van der Waals surface area contributed by atoms with Gasteiger partial charge in [0.25, 0.3) is 0 Å². The summed E-state index contributed by atoms with van der Waals surface area (Å²) in [5, 5.41) is 1.18. The van der Waals surface area contributed by atoms with E-state index in [4.69, 9.17) is 33.7 Å². The molecule has 1 saturated heterocycles. The van der Waals surface area contributed by atoms with Crippen LogP contribution in [0.2, 0.25) is 10.0 Å². The SMILES string of the molecule is NC(Cc1ccc(Cl)c(Cl)c1)CC1CCCO1. The third-order valence-corrected chi connectivity index (χ3v) is 3.81. The number of benzene rings is 1. The van der Waals surface area contributed by atoms with Crippen LogP contribution in [0.15, 0.2) is 18.2 Å². The van der Waals surface area contributed by atoms with Gasteiger partial charge in [-0.1, -0.05) is 29.3 Å². The van der Waals surface area contributed by atoms with E-state index in [1.54, 1.807) is 0 Å². The third-order valence-electron chi connectivity index (χ3n) is 3.07. The van der Waals surface area contributed by atoms with E-state index in [1.807, 2.05) is 18.2 Å². The van der Waals surface area contributed by atoms with Crippen LogP contribution in [0.5, 0.6) is 0 Å². The van der Waals surface area contributed by atoms with Crippen LogP contribution in [0, 0.1) is 0 Å². The number of ether oxygens (including phenoxy) is 1. The second-order valence-electron chi connectivity index (χ2n) is 4.58. The Balaban J connectivity index is 1.88. The largest absolute Gasteiger partial charge is 0.378 e. The van der Waals surface area contributed by atoms with E-state index >= 15 is 0 Å². The zero-order chi connectivity index (χ0) is 12.3. The summed E-state index contributed by atoms with van der Waals surface area (Å²) < 4.78 is 5.58. The molecule has 0 aromatic heterocycles. The van der Waals surface area contributed by atoms with Gasteiger partial charge in [0.1, 0.15) is 0 Å². The van der Waals surface area contributed by atoms with Gasteiger partial charge in [0.2, 0.25) is 0 Å². The highest BCUT2D eigenvalue weighted by Crippen LogP contribution is 2.24. The lowest BCUT2D eigenvalue weighted by atomic mass is 10.0. The van der Waals surface area contributed by atoms with Gasteiger partial charge in [0, 0.05) is 12.6 Å². The van der Waals surface area contributed by atoms with Crippen LogP contribution >= 0.6 is 23.2 Å². The monoisotopic (exact) mass is 273 g/mol. The van der Waals surface area contributed by atoms with Gasteiger partial charge in [-0.2, -0.15) is 0 Å². The first kappa shape index (κ1) is 13.2. The second-order valence-corrected chi connectivity index (χ2v) is 5.40. The maximum atomic E-state index is 6.12. The molecule has 1 fully saturated rings. The van der Waals surface area contributed by atoms with Gasteiger partial charge in [-0.05, 0) is 43.4 Å². The summed E-state index contributed by atoms with van der Waals surface area (Å²) in [5.41, 5.74) is 7.25. The van der Waals surface area contributed by atoms with Gasteiger partial charge < -0.3 is 10.5 Å². The van der Waals surface area contributed by atoms with Crippen LogP contribution in [0.3, 0.4) is 0 Å². The van der Waals surface area contributed by atoms with Crippen molar-refractivity contribution in [3.05, 3.63) is 33.8 Å². The Kier molecular flexibility index (Phi) is 4.69. The summed E-state index contributed by atoms with van der Waals surface area (Å²) >= 11 is 11.8. The average Bonchev–Trinajstić information content (AvgIpc) is 2.76. The number of halogens is 2. The molecule has 2 rings (SSSR count). The highest BCUT2D eigenvalue weighted by atomic mass is 35.5. The Morgan fingerprint density at radius 2 is 2.18 bits per heavy atom. The number of nitrogens with two attached hydrogens (primary N) is 1. The quantitative estimate of drug-likeness (QED) is 0.912. The van der Waals surface area contributed by atoms with Crippen LogP contribution < -0.4 is 5.73 Å². The van der Waals surface area contributed by atoms with Crippen LogP contribution in [0.4, 0.5) is 0 Å². The van der Waals surface area contributed by atoms with E-state index in [-0.39, 0.29) is 6.04 Å². The van der Waals surface area contributed by atoms with E-state index < -0.39 is 0 Å². The lowest BCUT2D eigenvalue weighted by molar-refractivity contribution is 0.0983. The van der Waals surface area contributed by atoms with Crippen LogP contribution in [0.25, 0.3) is 0 Å². The van der Waals surface area contributed by atoms with Crippen molar-refractivity contribution in [2.24, 2.45) is 5.73 Å². The van der Waals surface area contributed by atoms with Crippen LogP contribution in [-0.4, -0.2) is 18.8 Å². The van der Waals surface area contributed by atoms with Crippen molar-refractivity contribution >= 4 is 23.2 Å². The first-order valence-corrected chi connectivity index (χ1v) is 6.72. The Hall–Kier alpha value is -0.280. The zero-order valence-electron chi connectivity index (χ0n) is 9.66. The molecule has 1 heterocycles. The highest BCUT2D eigenvalue weighted by molar-refractivity contribution is 6.42. The molecule has 94 valence electrons. The topological polar surface area (TPSA) is 35.2 Å². The van der Waals surface area contributed by atoms with E-state index in [1.165, 1.54) is 0 Å². The fraction of sp³-hybridized carbons (Fsp3) is 0.538. The maximum absolute atomic E-state index is 6.12. The number of rotatable bonds is 4. The highest BCUT2D eigenvalue weighted by Gasteiger charge is 2.18. The molecule has 0 amide bonds. The Labute approximate surface area is 112 Å². The van der Waals surface area contributed by atoms with E-state index in [0.29, 0.717) is 16.1 Å². The van der Waals surface area contributed by atoms with Gasteiger partial charge in [-0.25, -0.2) is 0 Å². The van der Waals surface area contributed by atoms with Crippen molar-refractivity contribution in [1.29, 1.82) is 0 Å².